The average molecular weight is 331 g/mol. The predicted octanol–water partition coefficient (Wildman–Crippen LogP) is 3.65. The zero-order valence-electron chi connectivity index (χ0n) is 13.3. The van der Waals surface area contributed by atoms with Crippen LogP contribution in [0.25, 0.3) is 22.2 Å². The van der Waals surface area contributed by atoms with Crippen molar-refractivity contribution in [1.29, 1.82) is 0 Å². The van der Waals surface area contributed by atoms with Crippen LogP contribution in [0.3, 0.4) is 0 Å². The first-order valence-electron chi connectivity index (χ1n) is 7.86. The van der Waals surface area contributed by atoms with Gasteiger partial charge in [0, 0.05) is 11.8 Å². The molecule has 25 heavy (non-hydrogen) atoms. The Balaban J connectivity index is 1.70. The summed E-state index contributed by atoms with van der Waals surface area (Å²) in [4.78, 5) is 20.7. The maximum atomic E-state index is 14.5. The van der Waals surface area contributed by atoms with Crippen LogP contribution in [-0.4, -0.2) is 14.5 Å². The zero-order valence-corrected chi connectivity index (χ0v) is 13.3. The van der Waals surface area contributed by atoms with Gasteiger partial charge in [0.05, 0.1) is 11.9 Å². The summed E-state index contributed by atoms with van der Waals surface area (Å²) in [6.45, 7) is 0.123. The van der Waals surface area contributed by atoms with E-state index in [-0.39, 0.29) is 17.9 Å². The van der Waals surface area contributed by atoms with Crippen LogP contribution in [0.1, 0.15) is 5.56 Å². The van der Waals surface area contributed by atoms with Gasteiger partial charge in [-0.05, 0) is 29.3 Å². The van der Waals surface area contributed by atoms with Gasteiger partial charge in [-0.3, -0.25) is 9.36 Å². The minimum Gasteiger partial charge on any atom is -0.294 e. The molecule has 0 saturated heterocycles. The van der Waals surface area contributed by atoms with E-state index in [1.807, 2.05) is 36.4 Å². The molecule has 0 saturated carbocycles. The molecule has 2 heterocycles. The summed E-state index contributed by atoms with van der Waals surface area (Å²) in [5.74, 6) is -0.348. The summed E-state index contributed by atoms with van der Waals surface area (Å²) in [6, 6.07) is 18.0. The molecule has 0 radical (unpaired) electrons. The van der Waals surface area contributed by atoms with E-state index in [4.69, 9.17) is 0 Å². The van der Waals surface area contributed by atoms with Crippen molar-refractivity contribution in [2.24, 2.45) is 0 Å². The van der Waals surface area contributed by atoms with Gasteiger partial charge in [-0.1, -0.05) is 42.5 Å². The third-order valence-corrected chi connectivity index (χ3v) is 4.10. The Morgan fingerprint density at radius 2 is 1.76 bits per heavy atom. The minimum atomic E-state index is -0.348. The smallest absolute Gasteiger partial charge is 0.263 e. The van der Waals surface area contributed by atoms with Gasteiger partial charge in [-0.25, -0.2) is 14.4 Å². The molecule has 0 N–H and O–H groups in total. The van der Waals surface area contributed by atoms with Gasteiger partial charge in [0.15, 0.2) is 5.65 Å². The highest BCUT2D eigenvalue weighted by molar-refractivity contribution is 5.72. The Morgan fingerprint density at radius 1 is 0.920 bits per heavy atom. The Morgan fingerprint density at radius 3 is 2.56 bits per heavy atom. The molecule has 4 rings (SSSR count). The van der Waals surface area contributed by atoms with Crippen molar-refractivity contribution in [1.82, 2.24) is 14.5 Å². The van der Waals surface area contributed by atoms with Crippen LogP contribution in [-0.2, 0) is 6.54 Å². The first kappa shape index (κ1) is 15.2. The molecule has 0 aliphatic carbocycles. The Bertz CT molecular complexity index is 1110. The highest BCUT2D eigenvalue weighted by Crippen LogP contribution is 2.22. The molecule has 122 valence electrons. The standard InChI is InChI=1S/C20H14FN3O/c21-18-11-15(14-5-2-1-3-6-14)8-9-16(18)12-24-13-23-19-17(20(24)25)7-4-10-22-19/h1-11,13H,12H2. The Kier molecular flexibility index (Phi) is 3.82. The normalized spacial score (nSPS) is 10.9. The van der Waals surface area contributed by atoms with Crippen molar-refractivity contribution in [3.8, 4) is 11.1 Å². The minimum absolute atomic E-state index is 0.123. The van der Waals surface area contributed by atoms with E-state index in [1.165, 1.54) is 17.0 Å². The highest BCUT2D eigenvalue weighted by atomic mass is 19.1. The summed E-state index contributed by atoms with van der Waals surface area (Å²) >= 11 is 0. The van der Waals surface area contributed by atoms with Gasteiger partial charge >= 0.3 is 0 Å². The zero-order chi connectivity index (χ0) is 17.2. The topological polar surface area (TPSA) is 47.8 Å². The highest BCUT2D eigenvalue weighted by Gasteiger charge is 2.09. The molecular weight excluding hydrogens is 317 g/mol. The molecule has 0 amide bonds. The fourth-order valence-corrected chi connectivity index (χ4v) is 2.78. The molecule has 4 aromatic rings. The molecule has 4 nitrogen and oxygen atoms in total. The molecule has 5 heteroatoms. The lowest BCUT2D eigenvalue weighted by atomic mass is 10.0. The number of fused-ring (bicyclic) bond motifs is 1. The van der Waals surface area contributed by atoms with Gasteiger partial charge in [0.2, 0.25) is 0 Å². The molecule has 0 atom stereocenters. The van der Waals surface area contributed by atoms with E-state index in [0.29, 0.717) is 16.6 Å². The van der Waals surface area contributed by atoms with Crippen LogP contribution in [0.4, 0.5) is 4.39 Å². The van der Waals surface area contributed by atoms with E-state index < -0.39 is 0 Å². The monoisotopic (exact) mass is 331 g/mol. The van der Waals surface area contributed by atoms with Crippen molar-refractivity contribution in [2.75, 3.05) is 0 Å². The molecule has 2 aromatic heterocycles. The van der Waals surface area contributed by atoms with E-state index in [1.54, 1.807) is 24.4 Å². The number of hydrogen-bond donors (Lipinski definition) is 0. The van der Waals surface area contributed by atoms with E-state index >= 15 is 0 Å². The number of aromatic nitrogens is 3. The second kappa shape index (κ2) is 6.28. The first-order chi connectivity index (χ1) is 12.2. The Labute approximate surface area is 143 Å². The van der Waals surface area contributed by atoms with Crippen molar-refractivity contribution in [2.45, 2.75) is 6.54 Å². The van der Waals surface area contributed by atoms with Gasteiger partial charge in [0.25, 0.3) is 5.56 Å². The first-order valence-corrected chi connectivity index (χ1v) is 7.86. The number of rotatable bonds is 3. The van der Waals surface area contributed by atoms with Crippen LogP contribution in [0.5, 0.6) is 0 Å². The molecular formula is C20H14FN3O. The van der Waals surface area contributed by atoms with Gasteiger partial charge in [-0.2, -0.15) is 0 Å². The predicted molar refractivity (Wildman–Crippen MR) is 94.7 cm³/mol. The van der Waals surface area contributed by atoms with Crippen molar-refractivity contribution < 1.29 is 4.39 Å². The average Bonchev–Trinajstić information content (AvgIpc) is 2.66. The van der Waals surface area contributed by atoms with Crippen LogP contribution in [0.2, 0.25) is 0 Å². The fraction of sp³-hybridized carbons (Fsp3) is 0.0500. The quantitative estimate of drug-likeness (QED) is 0.576. The summed E-state index contributed by atoms with van der Waals surface area (Å²) < 4.78 is 15.9. The van der Waals surface area contributed by atoms with Crippen molar-refractivity contribution in [3.63, 3.8) is 0 Å². The van der Waals surface area contributed by atoms with E-state index in [2.05, 4.69) is 9.97 Å². The molecule has 0 aliphatic heterocycles. The lowest BCUT2D eigenvalue weighted by Crippen LogP contribution is -2.21. The second-order valence-corrected chi connectivity index (χ2v) is 5.72. The molecule has 2 aromatic carbocycles. The second-order valence-electron chi connectivity index (χ2n) is 5.72. The molecule has 0 bridgehead atoms. The third-order valence-electron chi connectivity index (χ3n) is 4.10. The lowest BCUT2D eigenvalue weighted by molar-refractivity contribution is 0.595. The summed E-state index contributed by atoms with van der Waals surface area (Å²) in [5.41, 5.74) is 2.35. The fourth-order valence-electron chi connectivity index (χ4n) is 2.78. The SMILES string of the molecule is O=c1c2cccnc2ncn1Cc1ccc(-c2ccccc2)cc1F. The molecule has 0 aliphatic rings. The van der Waals surface area contributed by atoms with Gasteiger partial charge in [0.1, 0.15) is 12.1 Å². The lowest BCUT2D eigenvalue weighted by Gasteiger charge is -2.09. The van der Waals surface area contributed by atoms with Crippen LogP contribution < -0.4 is 5.56 Å². The van der Waals surface area contributed by atoms with Crippen molar-refractivity contribution >= 4 is 11.0 Å². The number of benzene rings is 2. The van der Waals surface area contributed by atoms with Crippen LogP contribution in [0, 0.1) is 5.82 Å². The number of nitrogens with zero attached hydrogens (tertiary/aromatic N) is 3. The molecule has 0 unspecified atom stereocenters. The van der Waals surface area contributed by atoms with Gasteiger partial charge < -0.3 is 0 Å². The third kappa shape index (κ3) is 2.92. The largest absolute Gasteiger partial charge is 0.294 e. The number of halogens is 1. The number of pyridine rings is 1. The summed E-state index contributed by atoms with van der Waals surface area (Å²) in [7, 11) is 0. The summed E-state index contributed by atoms with van der Waals surface area (Å²) in [5, 5.41) is 0.423. The maximum Gasteiger partial charge on any atom is 0.263 e. The molecule has 0 fully saturated rings. The van der Waals surface area contributed by atoms with Gasteiger partial charge in [-0.15, -0.1) is 0 Å². The Hall–Kier alpha value is -3.34. The van der Waals surface area contributed by atoms with Crippen molar-refractivity contribution in [3.05, 3.63) is 94.9 Å². The van der Waals surface area contributed by atoms with E-state index in [9.17, 15) is 9.18 Å². The maximum absolute atomic E-state index is 14.5. The molecule has 0 spiro atoms. The number of hydrogen-bond acceptors (Lipinski definition) is 3. The van der Waals surface area contributed by atoms with Crippen LogP contribution >= 0.6 is 0 Å². The summed E-state index contributed by atoms with van der Waals surface area (Å²) in [6.07, 6.45) is 2.99. The van der Waals surface area contributed by atoms with E-state index in [0.717, 1.165) is 11.1 Å². The van der Waals surface area contributed by atoms with Crippen LogP contribution in [0.15, 0.2) is 78.0 Å².